The van der Waals surface area contributed by atoms with Gasteiger partial charge in [-0.2, -0.15) is 13.2 Å². The molecule has 1 nitrogen and oxygen atoms in total. The largest absolute Gasteiger partial charge is 0.416 e. The Labute approximate surface area is 105 Å². The van der Waals surface area contributed by atoms with E-state index in [1.165, 1.54) is 12.1 Å². The van der Waals surface area contributed by atoms with Gasteiger partial charge in [0, 0.05) is 18.5 Å². The van der Waals surface area contributed by atoms with Crippen molar-refractivity contribution in [1.82, 2.24) is 5.32 Å². The summed E-state index contributed by atoms with van der Waals surface area (Å²) in [5, 5.41) is 3.14. The van der Waals surface area contributed by atoms with E-state index in [0.717, 1.165) is 17.7 Å². The molecule has 1 aliphatic rings. The summed E-state index contributed by atoms with van der Waals surface area (Å²) in [4.78, 5) is 0. The van der Waals surface area contributed by atoms with E-state index in [1.807, 2.05) is 13.8 Å². The summed E-state index contributed by atoms with van der Waals surface area (Å²) in [5.41, 5.74) is 1.11. The van der Waals surface area contributed by atoms with Crippen LogP contribution in [0, 0.1) is 0 Å². The van der Waals surface area contributed by atoms with E-state index in [1.54, 1.807) is 6.07 Å². The van der Waals surface area contributed by atoms with Crippen LogP contribution in [0.2, 0.25) is 0 Å². The minimum atomic E-state index is -4.25. The third-order valence-electron chi connectivity index (χ3n) is 3.04. The van der Waals surface area contributed by atoms with E-state index >= 15 is 0 Å². The highest BCUT2D eigenvalue weighted by atomic mass is 35.5. The smallest absolute Gasteiger partial charge is 0.312 e. The SMILES string of the molecule is CC1(C)CNCc2cc(C(F)(F)F)ccc21.Cl. The first-order valence-corrected chi connectivity index (χ1v) is 5.22. The van der Waals surface area contributed by atoms with Crippen molar-refractivity contribution < 1.29 is 13.2 Å². The number of fused-ring (bicyclic) bond motifs is 1. The fourth-order valence-corrected chi connectivity index (χ4v) is 2.18. The number of halogens is 4. The summed E-state index contributed by atoms with van der Waals surface area (Å²) in [6.07, 6.45) is -4.25. The second kappa shape index (κ2) is 4.50. The van der Waals surface area contributed by atoms with Crippen LogP contribution >= 0.6 is 12.4 Å². The van der Waals surface area contributed by atoms with Crippen LogP contribution in [-0.4, -0.2) is 6.54 Å². The Hall–Kier alpha value is -0.740. The molecule has 1 aromatic rings. The molecule has 0 saturated heterocycles. The normalized spacial score (nSPS) is 18.2. The molecule has 5 heteroatoms. The summed E-state index contributed by atoms with van der Waals surface area (Å²) in [7, 11) is 0. The number of nitrogens with one attached hydrogen (secondary N) is 1. The van der Waals surface area contributed by atoms with Crippen molar-refractivity contribution in [3.05, 3.63) is 34.9 Å². The standard InChI is InChI=1S/C12H14F3N.ClH/c1-11(2)7-16-6-8-5-9(12(13,14)15)3-4-10(8)11;/h3-5,16H,6-7H2,1-2H3;1H. The molecule has 96 valence electrons. The van der Waals surface area contributed by atoms with E-state index < -0.39 is 11.7 Å². The predicted molar refractivity (Wildman–Crippen MR) is 63.4 cm³/mol. The van der Waals surface area contributed by atoms with E-state index in [-0.39, 0.29) is 17.8 Å². The van der Waals surface area contributed by atoms with Crippen LogP contribution in [0.3, 0.4) is 0 Å². The lowest BCUT2D eigenvalue weighted by Crippen LogP contribution is -2.38. The number of hydrogen-bond acceptors (Lipinski definition) is 1. The van der Waals surface area contributed by atoms with Crippen molar-refractivity contribution in [3.8, 4) is 0 Å². The maximum atomic E-state index is 12.5. The van der Waals surface area contributed by atoms with Crippen LogP contribution < -0.4 is 5.32 Å². The van der Waals surface area contributed by atoms with Gasteiger partial charge in [0.25, 0.3) is 0 Å². The van der Waals surface area contributed by atoms with Gasteiger partial charge in [-0.05, 0) is 23.3 Å². The Kier molecular flexibility index (Phi) is 3.79. The van der Waals surface area contributed by atoms with E-state index in [9.17, 15) is 13.2 Å². The number of rotatable bonds is 0. The monoisotopic (exact) mass is 265 g/mol. The van der Waals surface area contributed by atoms with Gasteiger partial charge in [0.1, 0.15) is 0 Å². The molecule has 0 atom stereocenters. The fourth-order valence-electron chi connectivity index (χ4n) is 2.18. The van der Waals surface area contributed by atoms with E-state index in [4.69, 9.17) is 0 Å². The first-order valence-electron chi connectivity index (χ1n) is 5.22. The molecule has 0 unspecified atom stereocenters. The van der Waals surface area contributed by atoms with Crippen molar-refractivity contribution in [2.45, 2.75) is 32.0 Å². The highest BCUT2D eigenvalue weighted by Gasteiger charge is 2.33. The van der Waals surface area contributed by atoms with E-state index in [2.05, 4.69) is 5.32 Å². The van der Waals surface area contributed by atoms with Crippen LogP contribution in [0.25, 0.3) is 0 Å². The maximum absolute atomic E-state index is 12.5. The lowest BCUT2D eigenvalue weighted by Gasteiger charge is -2.33. The van der Waals surface area contributed by atoms with Crippen LogP contribution in [-0.2, 0) is 18.1 Å². The molecule has 0 spiro atoms. The first kappa shape index (κ1) is 14.3. The Morgan fingerprint density at radius 3 is 2.47 bits per heavy atom. The summed E-state index contributed by atoms with van der Waals surface area (Å²) in [5.74, 6) is 0. The molecule has 1 N–H and O–H groups in total. The van der Waals surface area contributed by atoms with Crippen LogP contribution in [0.5, 0.6) is 0 Å². The van der Waals surface area contributed by atoms with Crippen molar-refractivity contribution >= 4 is 12.4 Å². The van der Waals surface area contributed by atoms with Gasteiger partial charge in [-0.15, -0.1) is 12.4 Å². The highest BCUT2D eigenvalue weighted by molar-refractivity contribution is 5.85. The van der Waals surface area contributed by atoms with Gasteiger partial charge in [-0.1, -0.05) is 19.9 Å². The quantitative estimate of drug-likeness (QED) is 0.757. The zero-order valence-electron chi connectivity index (χ0n) is 9.69. The number of hydrogen-bond donors (Lipinski definition) is 1. The molecule has 0 amide bonds. The average molecular weight is 266 g/mol. The first-order chi connectivity index (χ1) is 7.31. The minimum absolute atomic E-state index is 0. The molecule has 0 bridgehead atoms. The predicted octanol–water partition coefficient (Wildman–Crippen LogP) is 3.51. The van der Waals surface area contributed by atoms with Gasteiger partial charge < -0.3 is 5.32 Å². The molecule has 1 aromatic carbocycles. The van der Waals surface area contributed by atoms with Crippen molar-refractivity contribution in [2.75, 3.05) is 6.54 Å². The van der Waals surface area contributed by atoms with Crippen molar-refractivity contribution in [3.63, 3.8) is 0 Å². The lowest BCUT2D eigenvalue weighted by atomic mass is 9.79. The zero-order valence-corrected chi connectivity index (χ0v) is 10.5. The summed E-state index contributed by atoms with van der Waals surface area (Å²) < 4.78 is 37.6. The van der Waals surface area contributed by atoms with Crippen LogP contribution in [0.15, 0.2) is 18.2 Å². The highest BCUT2D eigenvalue weighted by Crippen LogP contribution is 2.35. The summed E-state index contributed by atoms with van der Waals surface area (Å²) >= 11 is 0. The van der Waals surface area contributed by atoms with Gasteiger partial charge in [0.2, 0.25) is 0 Å². The average Bonchev–Trinajstić information content (AvgIpc) is 2.15. The Balaban J connectivity index is 0.00000144. The molecule has 1 aliphatic heterocycles. The van der Waals surface area contributed by atoms with E-state index in [0.29, 0.717) is 6.54 Å². The molecule has 0 saturated carbocycles. The van der Waals surface area contributed by atoms with Gasteiger partial charge in [-0.25, -0.2) is 0 Å². The summed E-state index contributed by atoms with van der Waals surface area (Å²) in [6.45, 7) is 5.38. The fraction of sp³-hybridized carbons (Fsp3) is 0.500. The van der Waals surface area contributed by atoms with Gasteiger partial charge in [0.05, 0.1) is 5.56 Å². The number of benzene rings is 1. The Morgan fingerprint density at radius 2 is 1.88 bits per heavy atom. The molecule has 0 fully saturated rings. The molecular formula is C12H15ClF3N. The molecule has 0 radical (unpaired) electrons. The second-order valence-corrected chi connectivity index (χ2v) is 4.86. The van der Waals surface area contributed by atoms with Crippen LogP contribution in [0.1, 0.15) is 30.5 Å². The Bertz CT molecular complexity index is 413. The zero-order chi connectivity index (χ0) is 12.0. The topological polar surface area (TPSA) is 12.0 Å². The third kappa shape index (κ3) is 2.75. The van der Waals surface area contributed by atoms with Gasteiger partial charge >= 0.3 is 6.18 Å². The van der Waals surface area contributed by atoms with Crippen LogP contribution in [0.4, 0.5) is 13.2 Å². The molecule has 1 heterocycles. The third-order valence-corrected chi connectivity index (χ3v) is 3.04. The Morgan fingerprint density at radius 1 is 1.24 bits per heavy atom. The second-order valence-electron chi connectivity index (χ2n) is 4.86. The van der Waals surface area contributed by atoms with Crippen molar-refractivity contribution in [1.29, 1.82) is 0 Å². The van der Waals surface area contributed by atoms with Gasteiger partial charge in [0.15, 0.2) is 0 Å². The molecule has 0 aromatic heterocycles. The van der Waals surface area contributed by atoms with Gasteiger partial charge in [-0.3, -0.25) is 0 Å². The molecule has 0 aliphatic carbocycles. The lowest BCUT2D eigenvalue weighted by molar-refractivity contribution is -0.137. The summed E-state index contributed by atoms with van der Waals surface area (Å²) in [6, 6.07) is 4.04. The molecule has 17 heavy (non-hydrogen) atoms. The molecular weight excluding hydrogens is 251 g/mol. The molecule has 2 rings (SSSR count). The maximum Gasteiger partial charge on any atom is 0.416 e. The van der Waals surface area contributed by atoms with Crippen molar-refractivity contribution in [2.24, 2.45) is 0 Å². The number of alkyl halides is 3. The minimum Gasteiger partial charge on any atom is -0.312 e.